The molecule has 1 aromatic carbocycles. The number of nitrogens with one attached hydrogen (secondary N) is 2. The van der Waals surface area contributed by atoms with Crippen LogP contribution in [0.5, 0.6) is 5.75 Å². The number of hydrogen-bond donors (Lipinski definition) is 2. The molecule has 0 spiro atoms. The van der Waals surface area contributed by atoms with Gasteiger partial charge >= 0.3 is 0 Å². The Morgan fingerprint density at radius 2 is 2.27 bits per heavy atom. The number of rotatable bonds is 3. The second-order valence-corrected chi connectivity index (χ2v) is 4.33. The lowest BCUT2D eigenvalue weighted by molar-refractivity contribution is 0.199. The van der Waals surface area contributed by atoms with Crippen molar-refractivity contribution < 1.29 is 4.74 Å². The van der Waals surface area contributed by atoms with E-state index in [-0.39, 0.29) is 0 Å². The molecule has 80 valence electrons. The summed E-state index contributed by atoms with van der Waals surface area (Å²) in [6.45, 7) is 4.10. The van der Waals surface area contributed by atoms with E-state index in [1.54, 1.807) is 0 Å². The summed E-state index contributed by atoms with van der Waals surface area (Å²) < 4.78 is 5.76. The van der Waals surface area contributed by atoms with Crippen LogP contribution < -0.4 is 15.4 Å². The molecule has 0 saturated carbocycles. The van der Waals surface area contributed by atoms with Gasteiger partial charge in [-0.25, -0.2) is 0 Å². The molecule has 0 atom stereocenters. The highest BCUT2D eigenvalue weighted by Gasteiger charge is 2.17. The minimum absolute atomic E-state index is 0.700. The van der Waals surface area contributed by atoms with E-state index in [9.17, 15) is 0 Å². The third-order valence-electron chi connectivity index (χ3n) is 3.14. The first-order valence-corrected chi connectivity index (χ1v) is 5.62. The van der Waals surface area contributed by atoms with E-state index in [4.69, 9.17) is 4.74 Å². The first-order valence-electron chi connectivity index (χ1n) is 5.62. The molecule has 1 fully saturated rings. The quantitative estimate of drug-likeness (QED) is 0.777. The maximum atomic E-state index is 5.76. The van der Waals surface area contributed by atoms with Crippen molar-refractivity contribution in [3.05, 3.63) is 23.8 Å². The average molecular weight is 204 g/mol. The van der Waals surface area contributed by atoms with E-state index in [0.717, 1.165) is 38.4 Å². The van der Waals surface area contributed by atoms with Crippen LogP contribution >= 0.6 is 0 Å². The Bertz CT molecular complexity index is 361. The van der Waals surface area contributed by atoms with Crippen LogP contribution in [0.4, 0.5) is 5.69 Å². The number of hydrogen-bond acceptors (Lipinski definition) is 3. The fourth-order valence-electron chi connectivity index (χ4n) is 2.04. The molecule has 1 aromatic rings. The van der Waals surface area contributed by atoms with Crippen molar-refractivity contribution in [3.63, 3.8) is 0 Å². The van der Waals surface area contributed by atoms with E-state index < -0.39 is 0 Å². The highest BCUT2D eigenvalue weighted by molar-refractivity contribution is 5.58. The summed E-state index contributed by atoms with van der Waals surface area (Å²) >= 11 is 0. The van der Waals surface area contributed by atoms with Crippen molar-refractivity contribution in [2.24, 2.45) is 5.92 Å². The van der Waals surface area contributed by atoms with Crippen molar-refractivity contribution in [1.82, 2.24) is 5.32 Å². The summed E-state index contributed by atoms with van der Waals surface area (Å²) in [5.41, 5.74) is 2.66. The summed E-state index contributed by atoms with van der Waals surface area (Å²) in [6.07, 6.45) is 1.14. The lowest BCUT2D eigenvalue weighted by Gasteiger charge is -2.26. The maximum Gasteiger partial charge on any atom is 0.121 e. The van der Waals surface area contributed by atoms with Crippen molar-refractivity contribution in [3.8, 4) is 5.75 Å². The maximum absolute atomic E-state index is 5.76. The zero-order chi connectivity index (χ0) is 10.1. The Kier molecular flexibility index (Phi) is 2.25. The molecular formula is C12H16N2O. The van der Waals surface area contributed by atoms with Gasteiger partial charge in [-0.2, -0.15) is 0 Å². The Labute approximate surface area is 89.8 Å². The lowest BCUT2D eigenvalue weighted by atomic mass is 10.1. The second kappa shape index (κ2) is 3.74. The molecule has 2 aliphatic heterocycles. The molecule has 0 bridgehead atoms. The zero-order valence-electron chi connectivity index (χ0n) is 8.75. The van der Waals surface area contributed by atoms with Gasteiger partial charge in [0.1, 0.15) is 5.75 Å². The SMILES string of the molecule is c1cc2c(cc1OCC1CNC1)NCC2. The van der Waals surface area contributed by atoms with Gasteiger partial charge in [0.2, 0.25) is 0 Å². The molecule has 2 aliphatic rings. The highest BCUT2D eigenvalue weighted by atomic mass is 16.5. The molecule has 3 nitrogen and oxygen atoms in total. The molecule has 15 heavy (non-hydrogen) atoms. The van der Waals surface area contributed by atoms with Crippen LogP contribution in [-0.4, -0.2) is 26.2 Å². The molecule has 3 rings (SSSR count). The van der Waals surface area contributed by atoms with Crippen molar-refractivity contribution in [2.75, 3.05) is 31.6 Å². The van der Waals surface area contributed by atoms with Crippen LogP contribution in [0.1, 0.15) is 5.56 Å². The van der Waals surface area contributed by atoms with Gasteiger partial charge in [0.15, 0.2) is 0 Å². The minimum Gasteiger partial charge on any atom is -0.493 e. The molecule has 2 heterocycles. The standard InChI is InChI=1S/C12H16N2O/c1-2-11(15-8-9-6-13-7-9)5-12-10(1)3-4-14-12/h1-2,5,9,13-14H,3-4,6-8H2. The number of ether oxygens (including phenoxy) is 1. The van der Waals surface area contributed by atoms with Crippen molar-refractivity contribution in [1.29, 1.82) is 0 Å². The molecule has 0 radical (unpaired) electrons. The lowest BCUT2D eigenvalue weighted by Crippen LogP contribution is -2.45. The second-order valence-electron chi connectivity index (χ2n) is 4.33. The number of fused-ring (bicyclic) bond motifs is 1. The van der Waals surface area contributed by atoms with Gasteiger partial charge in [-0.05, 0) is 18.1 Å². The topological polar surface area (TPSA) is 33.3 Å². The predicted molar refractivity (Wildman–Crippen MR) is 60.5 cm³/mol. The summed E-state index contributed by atoms with van der Waals surface area (Å²) in [5.74, 6) is 1.70. The van der Waals surface area contributed by atoms with Gasteiger partial charge in [-0.1, -0.05) is 6.07 Å². The van der Waals surface area contributed by atoms with Crippen LogP contribution in [0.25, 0.3) is 0 Å². The molecule has 0 aliphatic carbocycles. The molecular weight excluding hydrogens is 188 g/mol. The minimum atomic E-state index is 0.700. The predicted octanol–water partition coefficient (Wildman–Crippen LogP) is 1.25. The van der Waals surface area contributed by atoms with E-state index in [2.05, 4.69) is 28.8 Å². The van der Waals surface area contributed by atoms with Crippen molar-refractivity contribution >= 4 is 5.69 Å². The van der Waals surface area contributed by atoms with Crippen LogP contribution in [0, 0.1) is 5.92 Å². The Balaban J connectivity index is 1.64. The zero-order valence-corrected chi connectivity index (χ0v) is 8.75. The van der Waals surface area contributed by atoms with Crippen LogP contribution in [0.15, 0.2) is 18.2 Å². The third kappa shape index (κ3) is 1.79. The largest absolute Gasteiger partial charge is 0.493 e. The molecule has 0 aromatic heterocycles. The Morgan fingerprint density at radius 1 is 1.33 bits per heavy atom. The first-order chi connectivity index (χ1) is 7.42. The van der Waals surface area contributed by atoms with E-state index in [0.29, 0.717) is 5.92 Å². The monoisotopic (exact) mass is 204 g/mol. The van der Waals surface area contributed by atoms with Crippen LogP contribution in [0.3, 0.4) is 0 Å². The van der Waals surface area contributed by atoms with Gasteiger partial charge in [0.25, 0.3) is 0 Å². The van der Waals surface area contributed by atoms with Gasteiger partial charge in [-0.15, -0.1) is 0 Å². The summed E-state index contributed by atoms with van der Waals surface area (Å²) in [6, 6.07) is 6.37. The van der Waals surface area contributed by atoms with Crippen LogP contribution in [0.2, 0.25) is 0 Å². The third-order valence-corrected chi connectivity index (χ3v) is 3.14. The van der Waals surface area contributed by atoms with Gasteiger partial charge in [-0.3, -0.25) is 0 Å². The summed E-state index contributed by atoms with van der Waals surface area (Å²) in [4.78, 5) is 0. The summed E-state index contributed by atoms with van der Waals surface area (Å²) in [7, 11) is 0. The van der Waals surface area contributed by atoms with E-state index >= 15 is 0 Å². The van der Waals surface area contributed by atoms with E-state index in [1.807, 2.05) is 0 Å². The molecule has 2 N–H and O–H groups in total. The molecule has 1 saturated heterocycles. The summed E-state index contributed by atoms with van der Waals surface area (Å²) in [5, 5.41) is 6.61. The number of anilines is 1. The Morgan fingerprint density at radius 3 is 3.07 bits per heavy atom. The van der Waals surface area contributed by atoms with Gasteiger partial charge < -0.3 is 15.4 Å². The molecule has 3 heteroatoms. The van der Waals surface area contributed by atoms with E-state index in [1.165, 1.54) is 11.3 Å². The fourth-order valence-corrected chi connectivity index (χ4v) is 2.04. The smallest absolute Gasteiger partial charge is 0.121 e. The molecule has 0 unspecified atom stereocenters. The van der Waals surface area contributed by atoms with Gasteiger partial charge in [0, 0.05) is 37.3 Å². The van der Waals surface area contributed by atoms with Crippen molar-refractivity contribution in [2.45, 2.75) is 6.42 Å². The van der Waals surface area contributed by atoms with Crippen LogP contribution in [-0.2, 0) is 6.42 Å². The number of benzene rings is 1. The fraction of sp³-hybridized carbons (Fsp3) is 0.500. The average Bonchev–Trinajstić information content (AvgIpc) is 2.62. The normalized spacial score (nSPS) is 19.2. The first kappa shape index (κ1) is 9.04. The Hall–Kier alpha value is -1.22. The highest BCUT2D eigenvalue weighted by Crippen LogP contribution is 2.27. The van der Waals surface area contributed by atoms with Gasteiger partial charge in [0.05, 0.1) is 6.61 Å². The molecule has 0 amide bonds.